The summed E-state index contributed by atoms with van der Waals surface area (Å²) in [5, 5.41) is 0. The average molecular weight is 228 g/mol. The van der Waals surface area contributed by atoms with Gasteiger partial charge in [-0.1, -0.05) is 6.92 Å². The van der Waals surface area contributed by atoms with Crippen LogP contribution in [0, 0.1) is 5.92 Å². The summed E-state index contributed by atoms with van der Waals surface area (Å²) in [5.41, 5.74) is 0. The van der Waals surface area contributed by atoms with E-state index >= 15 is 0 Å². The van der Waals surface area contributed by atoms with Gasteiger partial charge < -0.3 is 14.2 Å². The van der Waals surface area contributed by atoms with Crippen LogP contribution in [0.25, 0.3) is 0 Å². The number of ether oxygens (including phenoxy) is 3. The topological polar surface area (TPSA) is 27.7 Å². The van der Waals surface area contributed by atoms with E-state index in [4.69, 9.17) is 14.2 Å². The molecule has 16 heavy (non-hydrogen) atoms. The molecule has 0 saturated carbocycles. The van der Waals surface area contributed by atoms with Crippen molar-refractivity contribution in [3.8, 4) is 0 Å². The summed E-state index contributed by atoms with van der Waals surface area (Å²) in [5.74, 6) is 1.47. The van der Waals surface area contributed by atoms with Crippen LogP contribution in [-0.4, -0.2) is 32.5 Å². The van der Waals surface area contributed by atoms with Gasteiger partial charge in [0, 0.05) is 26.1 Å². The highest BCUT2D eigenvalue weighted by molar-refractivity contribution is 5.07. The van der Waals surface area contributed by atoms with Crippen molar-refractivity contribution in [2.75, 3.05) is 20.3 Å². The first-order chi connectivity index (χ1) is 7.72. The molecule has 1 aliphatic heterocycles. The summed E-state index contributed by atoms with van der Waals surface area (Å²) in [4.78, 5) is 0. The van der Waals surface area contributed by atoms with Crippen molar-refractivity contribution in [3.05, 3.63) is 11.8 Å². The second-order valence-corrected chi connectivity index (χ2v) is 4.21. The maximum absolute atomic E-state index is 5.88. The number of hydrogen-bond donors (Lipinski definition) is 0. The minimum atomic E-state index is 0.197. The molecular weight excluding hydrogens is 204 g/mol. The van der Waals surface area contributed by atoms with Gasteiger partial charge in [0.15, 0.2) is 0 Å². The Morgan fingerprint density at radius 3 is 2.81 bits per heavy atom. The molecule has 3 atom stereocenters. The van der Waals surface area contributed by atoms with Crippen LogP contribution in [0.2, 0.25) is 0 Å². The van der Waals surface area contributed by atoms with Crippen molar-refractivity contribution < 1.29 is 14.2 Å². The molecule has 0 aliphatic carbocycles. The van der Waals surface area contributed by atoms with Crippen LogP contribution >= 0.6 is 0 Å². The fraction of sp³-hybridized carbons (Fsp3) is 0.846. The molecule has 0 aromatic heterocycles. The SMILES string of the molecule is CCO[C@H](C)C(CC)C1=CC[C@@H](COC)O1. The Bertz CT molecular complexity index is 225. The molecule has 3 heteroatoms. The summed E-state index contributed by atoms with van der Waals surface area (Å²) in [6, 6.07) is 0. The molecule has 0 saturated heterocycles. The predicted octanol–water partition coefficient (Wildman–Crippen LogP) is 2.76. The lowest BCUT2D eigenvalue weighted by Crippen LogP contribution is -2.24. The number of rotatable bonds is 7. The van der Waals surface area contributed by atoms with Gasteiger partial charge in [-0.2, -0.15) is 0 Å². The van der Waals surface area contributed by atoms with E-state index in [9.17, 15) is 0 Å². The maximum atomic E-state index is 5.88. The van der Waals surface area contributed by atoms with Crippen LogP contribution in [0.1, 0.15) is 33.6 Å². The average Bonchev–Trinajstić information content (AvgIpc) is 2.68. The quantitative estimate of drug-likeness (QED) is 0.670. The van der Waals surface area contributed by atoms with Crippen LogP contribution in [-0.2, 0) is 14.2 Å². The molecule has 0 bridgehead atoms. The van der Waals surface area contributed by atoms with Crippen molar-refractivity contribution in [2.24, 2.45) is 5.92 Å². The highest BCUT2D eigenvalue weighted by Gasteiger charge is 2.27. The monoisotopic (exact) mass is 228 g/mol. The second kappa shape index (κ2) is 6.92. The van der Waals surface area contributed by atoms with E-state index in [0.29, 0.717) is 12.5 Å². The van der Waals surface area contributed by atoms with E-state index in [0.717, 1.165) is 25.2 Å². The zero-order valence-electron chi connectivity index (χ0n) is 10.9. The van der Waals surface area contributed by atoms with E-state index < -0.39 is 0 Å². The second-order valence-electron chi connectivity index (χ2n) is 4.21. The van der Waals surface area contributed by atoms with Crippen LogP contribution in [0.3, 0.4) is 0 Å². The molecule has 0 aromatic carbocycles. The molecule has 1 aliphatic rings. The summed E-state index contributed by atoms with van der Waals surface area (Å²) in [7, 11) is 1.71. The zero-order chi connectivity index (χ0) is 12.0. The minimum Gasteiger partial charge on any atom is -0.492 e. The first-order valence-electron chi connectivity index (χ1n) is 6.20. The molecule has 1 rings (SSSR count). The highest BCUT2D eigenvalue weighted by atomic mass is 16.5. The molecule has 0 aromatic rings. The molecule has 3 nitrogen and oxygen atoms in total. The predicted molar refractivity (Wildman–Crippen MR) is 64.3 cm³/mol. The lowest BCUT2D eigenvalue weighted by molar-refractivity contribution is -0.000374. The molecule has 0 N–H and O–H groups in total. The van der Waals surface area contributed by atoms with E-state index in [2.05, 4.69) is 19.9 Å². The third-order valence-electron chi connectivity index (χ3n) is 3.04. The number of hydrogen-bond acceptors (Lipinski definition) is 3. The van der Waals surface area contributed by atoms with Crippen molar-refractivity contribution in [1.82, 2.24) is 0 Å². The lowest BCUT2D eigenvalue weighted by atomic mass is 9.98. The Hall–Kier alpha value is -0.540. The largest absolute Gasteiger partial charge is 0.492 e. The molecular formula is C13H24O3. The van der Waals surface area contributed by atoms with Crippen LogP contribution in [0.4, 0.5) is 0 Å². The van der Waals surface area contributed by atoms with Crippen LogP contribution in [0.5, 0.6) is 0 Å². The summed E-state index contributed by atoms with van der Waals surface area (Å²) in [6.07, 6.45) is 4.61. The molecule has 0 amide bonds. The Kier molecular flexibility index (Phi) is 5.85. The zero-order valence-corrected chi connectivity index (χ0v) is 10.9. The first kappa shape index (κ1) is 13.5. The molecule has 1 unspecified atom stereocenters. The van der Waals surface area contributed by atoms with Gasteiger partial charge >= 0.3 is 0 Å². The molecule has 94 valence electrons. The van der Waals surface area contributed by atoms with Gasteiger partial charge in [-0.05, 0) is 26.3 Å². The van der Waals surface area contributed by atoms with E-state index in [1.165, 1.54) is 0 Å². The van der Waals surface area contributed by atoms with Gasteiger partial charge in [0.05, 0.1) is 18.5 Å². The fourth-order valence-corrected chi connectivity index (χ4v) is 2.21. The molecule has 0 fully saturated rings. The standard InChI is InChI=1S/C13H24O3/c1-5-12(10(3)15-6-2)13-8-7-11(16-13)9-14-4/h8,10-12H,5-7,9H2,1-4H3/t10-,11+,12?/m1/s1. The van der Waals surface area contributed by atoms with Crippen molar-refractivity contribution in [1.29, 1.82) is 0 Å². The molecule has 0 spiro atoms. The van der Waals surface area contributed by atoms with Gasteiger partial charge in [0.25, 0.3) is 0 Å². The van der Waals surface area contributed by atoms with E-state index in [-0.39, 0.29) is 12.2 Å². The van der Waals surface area contributed by atoms with Crippen LogP contribution in [0.15, 0.2) is 11.8 Å². The van der Waals surface area contributed by atoms with Gasteiger partial charge in [0.1, 0.15) is 6.10 Å². The van der Waals surface area contributed by atoms with Gasteiger partial charge in [-0.15, -0.1) is 0 Å². The van der Waals surface area contributed by atoms with Gasteiger partial charge in [0.2, 0.25) is 0 Å². The first-order valence-corrected chi connectivity index (χ1v) is 6.20. The fourth-order valence-electron chi connectivity index (χ4n) is 2.21. The smallest absolute Gasteiger partial charge is 0.125 e. The lowest BCUT2D eigenvalue weighted by Gasteiger charge is -2.24. The molecule has 1 heterocycles. The third kappa shape index (κ3) is 3.49. The summed E-state index contributed by atoms with van der Waals surface area (Å²) >= 11 is 0. The minimum absolute atomic E-state index is 0.197. The highest BCUT2D eigenvalue weighted by Crippen LogP contribution is 2.29. The van der Waals surface area contributed by atoms with E-state index in [1.54, 1.807) is 7.11 Å². The Morgan fingerprint density at radius 2 is 2.25 bits per heavy atom. The van der Waals surface area contributed by atoms with Crippen molar-refractivity contribution >= 4 is 0 Å². The van der Waals surface area contributed by atoms with Crippen molar-refractivity contribution in [3.63, 3.8) is 0 Å². The van der Waals surface area contributed by atoms with E-state index in [1.807, 2.05) is 6.92 Å². The Morgan fingerprint density at radius 1 is 1.50 bits per heavy atom. The van der Waals surface area contributed by atoms with Gasteiger partial charge in [-0.25, -0.2) is 0 Å². The number of methoxy groups -OCH3 is 1. The Labute approximate surface area is 98.8 Å². The third-order valence-corrected chi connectivity index (χ3v) is 3.04. The normalized spacial score (nSPS) is 23.8. The van der Waals surface area contributed by atoms with Crippen molar-refractivity contribution in [2.45, 2.75) is 45.8 Å². The molecule has 0 radical (unpaired) electrons. The Balaban J connectivity index is 2.48. The van der Waals surface area contributed by atoms with Crippen LogP contribution < -0.4 is 0 Å². The van der Waals surface area contributed by atoms with Gasteiger partial charge in [-0.3, -0.25) is 0 Å². The maximum Gasteiger partial charge on any atom is 0.125 e. The summed E-state index contributed by atoms with van der Waals surface area (Å²) in [6.45, 7) is 7.74. The summed E-state index contributed by atoms with van der Waals surface area (Å²) < 4.78 is 16.6.